The van der Waals surface area contributed by atoms with E-state index in [0.717, 1.165) is 22.4 Å². The fourth-order valence-electron chi connectivity index (χ4n) is 4.05. The van der Waals surface area contributed by atoms with Crippen LogP contribution in [0.25, 0.3) is 22.3 Å². The van der Waals surface area contributed by atoms with Crippen LogP contribution in [0.5, 0.6) is 11.5 Å². The summed E-state index contributed by atoms with van der Waals surface area (Å²) < 4.78 is 53.1. The van der Waals surface area contributed by atoms with Crippen molar-refractivity contribution in [3.05, 3.63) is 100 Å². The van der Waals surface area contributed by atoms with Crippen LogP contribution in [-0.2, 0) is 12.6 Å². The number of fused-ring (bicyclic) bond motifs is 1. The Labute approximate surface area is 230 Å². The highest BCUT2D eigenvalue weighted by molar-refractivity contribution is 5.83. The van der Waals surface area contributed by atoms with Crippen molar-refractivity contribution in [3.63, 3.8) is 0 Å². The number of methoxy groups -OCH3 is 1. The van der Waals surface area contributed by atoms with Gasteiger partial charge in [-0.1, -0.05) is 51.1 Å². The molecule has 0 aliphatic heterocycles. The molecule has 0 N–H and O–H groups in total. The summed E-state index contributed by atoms with van der Waals surface area (Å²) in [5.41, 5.74) is 0.396. The molecule has 0 fully saturated rings. The van der Waals surface area contributed by atoms with Crippen molar-refractivity contribution in [3.8, 4) is 22.9 Å². The maximum atomic E-state index is 13.5. The molecule has 0 aliphatic carbocycles. The van der Waals surface area contributed by atoms with Gasteiger partial charge in [-0.15, -0.1) is 6.58 Å². The van der Waals surface area contributed by atoms with Crippen molar-refractivity contribution in [2.24, 2.45) is 10.5 Å². The molecule has 0 spiro atoms. The second-order valence-electron chi connectivity index (χ2n) is 10.4. The van der Waals surface area contributed by atoms with Crippen LogP contribution in [0.4, 0.5) is 13.2 Å². The maximum Gasteiger partial charge on any atom is 0.416 e. The van der Waals surface area contributed by atoms with Crippen LogP contribution < -0.4 is 15.0 Å². The second-order valence-corrected chi connectivity index (χ2v) is 10.4. The summed E-state index contributed by atoms with van der Waals surface area (Å²) in [6.45, 7) is 10.5. The first-order chi connectivity index (χ1) is 18.9. The number of alkyl halides is 3. The predicted octanol–water partition coefficient (Wildman–Crippen LogP) is 7.13. The first-order valence-corrected chi connectivity index (χ1v) is 12.6. The predicted molar refractivity (Wildman–Crippen MR) is 151 cm³/mol. The van der Waals surface area contributed by atoms with Gasteiger partial charge in [0.05, 0.1) is 36.4 Å². The van der Waals surface area contributed by atoms with Crippen molar-refractivity contribution >= 4 is 17.1 Å². The van der Waals surface area contributed by atoms with Crippen LogP contribution >= 0.6 is 0 Å². The first-order valence-electron chi connectivity index (χ1n) is 12.6. The van der Waals surface area contributed by atoms with Gasteiger partial charge in [0, 0.05) is 11.1 Å². The number of benzene rings is 3. The SMILES string of the molecule is C=CCc1cc(C=Nn2c(-c3cccc(C(F)(F)F)c3)nc3ccccc3c2=O)cc(OC)c1OCC(C)(C)C. The highest BCUT2D eigenvalue weighted by atomic mass is 19.4. The molecule has 40 heavy (non-hydrogen) atoms. The number of nitrogens with zero attached hydrogens (tertiary/aromatic N) is 3. The minimum Gasteiger partial charge on any atom is -0.493 e. The summed E-state index contributed by atoms with van der Waals surface area (Å²) in [6.07, 6.45) is -0.888. The summed E-state index contributed by atoms with van der Waals surface area (Å²) in [4.78, 5) is 18.0. The van der Waals surface area contributed by atoms with Crippen LogP contribution in [0.2, 0.25) is 0 Å². The molecule has 3 aromatic carbocycles. The lowest BCUT2D eigenvalue weighted by Crippen LogP contribution is -2.20. The molecule has 0 aliphatic rings. The lowest BCUT2D eigenvalue weighted by molar-refractivity contribution is -0.137. The van der Waals surface area contributed by atoms with Crippen LogP contribution in [0.1, 0.15) is 37.5 Å². The summed E-state index contributed by atoms with van der Waals surface area (Å²) in [5.74, 6) is 1.05. The monoisotopic (exact) mass is 549 g/mol. The maximum absolute atomic E-state index is 13.5. The number of rotatable bonds is 8. The third kappa shape index (κ3) is 6.42. The van der Waals surface area contributed by atoms with E-state index in [9.17, 15) is 18.0 Å². The number of para-hydroxylation sites is 1. The topological polar surface area (TPSA) is 65.7 Å². The van der Waals surface area contributed by atoms with E-state index in [0.29, 0.717) is 35.6 Å². The van der Waals surface area contributed by atoms with E-state index in [-0.39, 0.29) is 22.2 Å². The molecule has 0 saturated carbocycles. The first kappa shape index (κ1) is 28.6. The van der Waals surface area contributed by atoms with E-state index < -0.39 is 17.3 Å². The lowest BCUT2D eigenvalue weighted by Gasteiger charge is -2.22. The van der Waals surface area contributed by atoms with E-state index in [2.05, 4.69) is 37.4 Å². The fraction of sp³-hybridized carbons (Fsp3) is 0.258. The number of hydrogen-bond donors (Lipinski definition) is 0. The molecule has 0 saturated heterocycles. The molecule has 6 nitrogen and oxygen atoms in total. The molecule has 0 radical (unpaired) electrons. The molecule has 4 aromatic rings. The Hall–Kier alpha value is -4.40. The van der Waals surface area contributed by atoms with Gasteiger partial charge in [0.15, 0.2) is 17.3 Å². The summed E-state index contributed by atoms with van der Waals surface area (Å²) in [5, 5.41) is 4.68. The molecular formula is C31H30F3N3O3. The third-order valence-electron chi connectivity index (χ3n) is 5.91. The number of halogens is 3. The minimum atomic E-state index is -4.56. The van der Waals surface area contributed by atoms with Gasteiger partial charge in [-0.2, -0.15) is 22.9 Å². The Morgan fingerprint density at radius 3 is 2.48 bits per heavy atom. The second kappa shape index (κ2) is 11.4. The number of hydrogen-bond acceptors (Lipinski definition) is 5. The zero-order valence-electron chi connectivity index (χ0n) is 22.7. The molecule has 1 aromatic heterocycles. The van der Waals surface area contributed by atoms with Gasteiger partial charge >= 0.3 is 6.18 Å². The van der Waals surface area contributed by atoms with Crippen molar-refractivity contribution < 1.29 is 22.6 Å². The Bertz CT molecular complexity index is 1630. The normalized spacial score (nSPS) is 12.2. The summed E-state index contributed by atoms with van der Waals surface area (Å²) in [7, 11) is 1.53. The largest absolute Gasteiger partial charge is 0.493 e. The zero-order valence-corrected chi connectivity index (χ0v) is 22.7. The van der Waals surface area contributed by atoms with Gasteiger partial charge in [-0.3, -0.25) is 4.79 Å². The van der Waals surface area contributed by atoms with Crippen molar-refractivity contribution in [2.45, 2.75) is 33.4 Å². The molecule has 9 heteroatoms. The van der Waals surface area contributed by atoms with E-state index in [1.54, 1.807) is 36.4 Å². The van der Waals surface area contributed by atoms with Gasteiger partial charge in [0.25, 0.3) is 5.56 Å². The number of ether oxygens (including phenoxy) is 2. The molecule has 208 valence electrons. The fourth-order valence-corrected chi connectivity index (χ4v) is 4.05. The standard InChI is InChI=1S/C31H30F3N3O3/c1-6-10-21-15-20(16-26(39-5)27(21)40-19-30(2,3)4)18-35-37-28(22-11-9-12-23(17-22)31(32,33)34)36-25-14-8-7-13-24(25)29(37)38/h6-9,11-18H,1,10,19H2,2-5H3. The molecule has 4 rings (SSSR count). The van der Waals surface area contributed by atoms with E-state index >= 15 is 0 Å². The molecular weight excluding hydrogens is 519 g/mol. The summed E-state index contributed by atoms with van der Waals surface area (Å²) >= 11 is 0. The average Bonchev–Trinajstić information content (AvgIpc) is 2.90. The molecule has 0 atom stereocenters. The molecule has 0 amide bonds. The minimum absolute atomic E-state index is 0.0190. The van der Waals surface area contributed by atoms with Crippen LogP contribution in [0, 0.1) is 5.41 Å². The van der Waals surface area contributed by atoms with Crippen LogP contribution in [-0.4, -0.2) is 29.6 Å². The Morgan fingerprint density at radius 2 is 1.80 bits per heavy atom. The van der Waals surface area contributed by atoms with Crippen molar-refractivity contribution in [2.75, 3.05) is 13.7 Å². The molecule has 0 bridgehead atoms. The Balaban J connectivity index is 1.86. The van der Waals surface area contributed by atoms with Gasteiger partial charge in [0.2, 0.25) is 0 Å². The van der Waals surface area contributed by atoms with Crippen molar-refractivity contribution in [1.29, 1.82) is 0 Å². The summed E-state index contributed by atoms with van der Waals surface area (Å²) in [6, 6.07) is 14.8. The van der Waals surface area contributed by atoms with Gasteiger partial charge in [-0.25, -0.2) is 4.98 Å². The average molecular weight is 550 g/mol. The highest BCUT2D eigenvalue weighted by Gasteiger charge is 2.31. The van der Waals surface area contributed by atoms with Crippen molar-refractivity contribution in [1.82, 2.24) is 9.66 Å². The Kier molecular flexibility index (Phi) is 8.13. The third-order valence-corrected chi connectivity index (χ3v) is 5.91. The van der Waals surface area contributed by atoms with E-state index in [1.165, 1.54) is 25.5 Å². The smallest absolute Gasteiger partial charge is 0.416 e. The van der Waals surface area contributed by atoms with Gasteiger partial charge < -0.3 is 9.47 Å². The van der Waals surface area contributed by atoms with Crippen LogP contribution in [0.15, 0.2) is 83.2 Å². The molecule has 1 heterocycles. The Morgan fingerprint density at radius 1 is 1.05 bits per heavy atom. The molecule has 0 unspecified atom stereocenters. The quantitative estimate of drug-likeness (QED) is 0.173. The van der Waals surface area contributed by atoms with E-state index in [1.807, 2.05) is 6.07 Å². The number of allylic oxidation sites excluding steroid dienone is 1. The van der Waals surface area contributed by atoms with E-state index in [4.69, 9.17) is 9.47 Å². The van der Waals surface area contributed by atoms with Gasteiger partial charge in [-0.05, 0) is 53.8 Å². The zero-order chi connectivity index (χ0) is 29.1. The van der Waals surface area contributed by atoms with Crippen LogP contribution in [0.3, 0.4) is 0 Å². The lowest BCUT2D eigenvalue weighted by atomic mass is 9.98. The highest BCUT2D eigenvalue weighted by Crippen LogP contribution is 2.35. The van der Waals surface area contributed by atoms with Gasteiger partial charge in [0.1, 0.15) is 0 Å². The number of aromatic nitrogens is 2.